The van der Waals surface area contributed by atoms with Crippen LogP contribution >= 0.6 is 0 Å². The summed E-state index contributed by atoms with van der Waals surface area (Å²) in [4.78, 5) is 0. The van der Waals surface area contributed by atoms with Crippen LogP contribution in [0.25, 0.3) is 0 Å². The predicted molar refractivity (Wildman–Crippen MR) is 58.9 cm³/mol. The van der Waals surface area contributed by atoms with Crippen LogP contribution in [0.2, 0.25) is 0 Å². The average Bonchev–Trinajstić information content (AvgIpc) is 2.75. The first-order valence-corrected chi connectivity index (χ1v) is 6.21. The smallest absolute Gasteiger partial charge is 0.168 e. The summed E-state index contributed by atoms with van der Waals surface area (Å²) in [6, 6.07) is 0. The Morgan fingerprint density at radius 2 is 1.75 bits per heavy atom. The zero-order valence-corrected chi connectivity index (χ0v) is 9.95. The van der Waals surface area contributed by atoms with Crippen molar-refractivity contribution < 1.29 is 19.7 Å². The number of ether oxygens (including phenoxy) is 2. The number of hydrogen-bond donors (Lipinski definition) is 2. The fourth-order valence-corrected chi connectivity index (χ4v) is 2.61. The van der Waals surface area contributed by atoms with Crippen LogP contribution in [0.15, 0.2) is 0 Å². The summed E-state index contributed by atoms with van der Waals surface area (Å²) < 4.78 is 11.7. The molecule has 0 aromatic rings. The van der Waals surface area contributed by atoms with Crippen molar-refractivity contribution in [1.29, 1.82) is 0 Å². The van der Waals surface area contributed by atoms with Gasteiger partial charge >= 0.3 is 0 Å². The van der Waals surface area contributed by atoms with Gasteiger partial charge in [-0.1, -0.05) is 6.92 Å². The molecule has 0 bridgehead atoms. The third-order valence-corrected chi connectivity index (χ3v) is 4.11. The van der Waals surface area contributed by atoms with Gasteiger partial charge in [-0.2, -0.15) is 0 Å². The lowest BCUT2D eigenvalue weighted by atomic mass is 9.73. The fraction of sp³-hybridized carbons (Fsp3) is 1.00. The van der Waals surface area contributed by atoms with Gasteiger partial charge in [0.1, 0.15) is 0 Å². The summed E-state index contributed by atoms with van der Waals surface area (Å²) in [5.41, 5.74) is -0.317. The summed E-state index contributed by atoms with van der Waals surface area (Å²) in [6.45, 7) is 2.89. The molecular weight excluding hydrogens is 208 g/mol. The van der Waals surface area contributed by atoms with Crippen LogP contribution in [0.5, 0.6) is 0 Å². The largest absolute Gasteiger partial charge is 0.396 e. The molecule has 1 spiro atoms. The maximum absolute atomic E-state index is 9.33. The molecule has 2 N–H and O–H groups in total. The molecule has 1 unspecified atom stereocenters. The van der Waals surface area contributed by atoms with Gasteiger partial charge in [0.25, 0.3) is 0 Å². The highest BCUT2D eigenvalue weighted by Crippen LogP contribution is 2.45. The summed E-state index contributed by atoms with van der Waals surface area (Å²) in [5, 5.41) is 18.7. The van der Waals surface area contributed by atoms with E-state index in [2.05, 4.69) is 6.92 Å². The third kappa shape index (κ3) is 2.12. The lowest BCUT2D eigenvalue weighted by Gasteiger charge is -2.41. The van der Waals surface area contributed by atoms with Crippen molar-refractivity contribution in [2.24, 2.45) is 5.41 Å². The molecule has 1 atom stereocenters. The Balaban J connectivity index is 1.94. The summed E-state index contributed by atoms with van der Waals surface area (Å²) in [7, 11) is 0. The highest BCUT2D eigenvalue weighted by atomic mass is 16.7. The van der Waals surface area contributed by atoms with Crippen molar-refractivity contribution in [2.75, 3.05) is 19.8 Å². The van der Waals surface area contributed by atoms with E-state index in [1.54, 1.807) is 0 Å². The number of aliphatic hydroxyl groups excluding tert-OH is 2. The van der Waals surface area contributed by atoms with E-state index in [0.29, 0.717) is 6.61 Å². The first-order chi connectivity index (χ1) is 7.67. The topological polar surface area (TPSA) is 58.9 Å². The second-order valence-electron chi connectivity index (χ2n) is 5.19. The Labute approximate surface area is 96.6 Å². The minimum Gasteiger partial charge on any atom is -0.396 e. The van der Waals surface area contributed by atoms with Gasteiger partial charge in [-0.05, 0) is 19.3 Å². The SMILES string of the molecule is CCC1COC2(CCC(CO)(CO)CC2)O1. The second kappa shape index (κ2) is 4.61. The molecule has 0 aromatic carbocycles. The zero-order valence-electron chi connectivity index (χ0n) is 9.95. The van der Waals surface area contributed by atoms with Crippen molar-refractivity contribution in [3.63, 3.8) is 0 Å². The molecule has 0 amide bonds. The molecule has 0 aromatic heterocycles. The normalized spacial score (nSPS) is 32.1. The zero-order chi connectivity index (χ0) is 11.6. The molecule has 16 heavy (non-hydrogen) atoms. The summed E-state index contributed by atoms with van der Waals surface area (Å²) >= 11 is 0. The van der Waals surface area contributed by atoms with Crippen LogP contribution in [0.1, 0.15) is 39.0 Å². The predicted octanol–water partition coefficient (Wildman–Crippen LogP) is 1.05. The van der Waals surface area contributed by atoms with Crippen LogP contribution < -0.4 is 0 Å². The molecule has 1 aliphatic heterocycles. The van der Waals surface area contributed by atoms with Crippen molar-refractivity contribution in [3.05, 3.63) is 0 Å². The molecule has 2 aliphatic rings. The van der Waals surface area contributed by atoms with Gasteiger partial charge in [-0.3, -0.25) is 0 Å². The van der Waals surface area contributed by atoms with Crippen molar-refractivity contribution in [2.45, 2.75) is 50.9 Å². The Morgan fingerprint density at radius 3 is 2.19 bits per heavy atom. The number of hydrogen-bond acceptors (Lipinski definition) is 4. The van der Waals surface area contributed by atoms with Gasteiger partial charge in [-0.15, -0.1) is 0 Å². The average molecular weight is 230 g/mol. The molecule has 1 saturated carbocycles. The lowest BCUT2D eigenvalue weighted by Crippen LogP contribution is -2.43. The Morgan fingerprint density at radius 1 is 1.12 bits per heavy atom. The molecule has 2 fully saturated rings. The highest BCUT2D eigenvalue weighted by Gasteiger charge is 2.47. The molecule has 2 rings (SSSR count). The van der Waals surface area contributed by atoms with Gasteiger partial charge in [0, 0.05) is 18.3 Å². The Hall–Kier alpha value is -0.160. The molecule has 1 heterocycles. The van der Waals surface area contributed by atoms with Gasteiger partial charge < -0.3 is 19.7 Å². The van der Waals surface area contributed by atoms with Crippen molar-refractivity contribution in [3.8, 4) is 0 Å². The molecule has 0 radical (unpaired) electrons. The third-order valence-electron chi connectivity index (χ3n) is 4.11. The standard InChI is InChI=1S/C12H22O4/c1-2-10-7-15-12(16-10)5-3-11(8-13,9-14)4-6-12/h10,13-14H,2-9H2,1H3. The van der Waals surface area contributed by atoms with Crippen molar-refractivity contribution in [1.82, 2.24) is 0 Å². The minimum atomic E-state index is -0.422. The quantitative estimate of drug-likeness (QED) is 0.761. The molecule has 4 nitrogen and oxygen atoms in total. The minimum absolute atomic E-state index is 0.0524. The maximum Gasteiger partial charge on any atom is 0.168 e. The Kier molecular flexibility index (Phi) is 3.54. The monoisotopic (exact) mass is 230 g/mol. The van der Waals surface area contributed by atoms with E-state index < -0.39 is 5.79 Å². The van der Waals surface area contributed by atoms with Crippen LogP contribution in [-0.4, -0.2) is 41.9 Å². The fourth-order valence-electron chi connectivity index (χ4n) is 2.61. The first-order valence-electron chi connectivity index (χ1n) is 6.21. The van der Waals surface area contributed by atoms with Gasteiger partial charge in [0.15, 0.2) is 5.79 Å². The molecule has 1 saturated heterocycles. The lowest BCUT2D eigenvalue weighted by molar-refractivity contribution is -0.206. The molecular formula is C12H22O4. The number of aliphatic hydroxyl groups is 2. The molecule has 4 heteroatoms. The van der Waals surface area contributed by atoms with E-state index in [1.807, 2.05) is 0 Å². The van der Waals surface area contributed by atoms with Gasteiger partial charge in [0.05, 0.1) is 25.9 Å². The van der Waals surface area contributed by atoms with Crippen LogP contribution in [0, 0.1) is 5.41 Å². The van der Waals surface area contributed by atoms with Crippen LogP contribution in [0.3, 0.4) is 0 Å². The molecule has 94 valence electrons. The van der Waals surface area contributed by atoms with E-state index in [1.165, 1.54) is 0 Å². The van der Waals surface area contributed by atoms with Crippen LogP contribution in [-0.2, 0) is 9.47 Å². The van der Waals surface area contributed by atoms with Crippen molar-refractivity contribution >= 4 is 0 Å². The summed E-state index contributed by atoms with van der Waals surface area (Å²) in [6.07, 6.45) is 4.31. The van der Waals surface area contributed by atoms with E-state index in [9.17, 15) is 10.2 Å². The Bertz CT molecular complexity index is 227. The number of rotatable bonds is 3. The van der Waals surface area contributed by atoms with Gasteiger partial charge in [0.2, 0.25) is 0 Å². The van der Waals surface area contributed by atoms with E-state index in [4.69, 9.17) is 9.47 Å². The van der Waals surface area contributed by atoms with E-state index in [0.717, 1.165) is 32.1 Å². The van der Waals surface area contributed by atoms with Gasteiger partial charge in [-0.25, -0.2) is 0 Å². The van der Waals surface area contributed by atoms with Crippen LogP contribution in [0.4, 0.5) is 0 Å². The maximum atomic E-state index is 9.33. The summed E-state index contributed by atoms with van der Waals surface area (Å²) in [5.74, 6) is -0.422. The first kappa shape index (κ1) is 12.3. The highest BCUT2D eigenvalue weighted by molar-refractivity contribution is 4.91. The second-order valence-corrected chi connectivity index (χ2v) is 5.19. The van der Waals surface area contributed by atoms with E-state index in [-0.39, 0.29) is 24.7 Å². The van der Waals surface area contributed by atoms with E-state index >= 15 is 0 Å². The molecule has 1 aliphatic carbocycles.